The Morgan fingerprint density at radius 3 is 2.68 bits per heavy atom. The van der Waals surface area contributed by atoms with E-state index in [4.69, 9.17) is 11.6 Å². The summed E-state index contributed by atoms with van der Waals surface area (Å²) in [6, 6.07) is 20.8. The lowest BCUT2D eigenvalue weighted by molar-refractivity contribution is -0.119. The molecule has 2 N–H and O–H groups in total. The summed E-state index contributed by atoms with van der Waals surface area (Å²) >= 11 is 5.97. The highest BCUT2D eigenvalue weighted by Crippen LogP contribution is 2.32. The molecule has 2 amide bonds. The third-order valence-electron chi connectivity index (χ3n) is 5.61. The van der Waals surface area contributed by atoms with Crippen molar-refractivity contribution in [2.45, 2.75) is 19.4 Å². The number of benzene rings is 3. The molecule has 1 aliphatic heterocycles. The van der Waals surface area contributed by atoms with Gasteiger partial charge in [-0.2, -0.15) is 0 Å². The largest absolute Gasteiger partial charge is 0.361 e. The van der Waals surface area contributed by atoms with Gasteiger partial charge in [0.2, 0.25) is 5.91 Å². The second-order valence-electron chi connectivity index (χ2n) is 7.68. The second kappa shape index (κ2) is 7.93. The van der Waals surface area contributed by atoms with Crippen molar-refractivity contribution in [3.63, 3.8) is 0 Å². The summed E-state index contributed by atoms with van der Waals surface area (Å²) in [4.78, 5) is 30.3. The van der Waals surface area contributed by atoms with Crippen LogP contribution in [-0.2, 0) is 17.8 Å². The van der Waals surface area contributed by atoms with Gasteiger partial charge >= 0.3 is 0 Å². The van der Waals surface area contributed by atoms with Crippen molar-refractivity contribution in [3.05, 3.63) is 94.6 Å². The summed E-state index contributed by atoms with van der Waals surface area (Å²) in [5, 5.41) is 4.65. The first-order chi connectivity index (χ1) is 15.1. The first-order valence-corrected chi connectivity index (χ1v) is 10.5. The van der Waals surface area contributed by atoms with Crippen LogP contribution in [0.1, 0.15) is 27.9 Å². The predicted octanol–water partition coefficient (Wildman–Crippen LogP) is 5.55. The second-order valence-corrected chi connectivity index (χ2v) is 8.12. The number of aromatic amines is 1. The summed E-state index contributed by atoms with van der Waals surface area (Å²) < 4.78 is 0. The van der Waals surface area contributed by atoms with Gasteiger partial charge in [0.15, 0.2) is 0 Å². The minimum atomic E-state index is -0.159. The molecule has 1 aromatic heterocycles. The van der Waals surface area contributed by atoms with Crippen LogP contribution in [0.25, 0.3) is 10.9 Å². The van der Waals surface area contributed by atoms with Crippen LogP contribution in [0.5, 0.6) is 0 Å². The number of fused-ring (bicyclic) bond motifs is 2. The van der Waals surface area contributed by atoms with Gasteiger partial charge in [-0.25, -0.2) is 0 Å². The third-order valence-corrected chi connectivity index (χ3v) is 5.86. The number of amides is 2. The Morgan fingerprint density at radius 1 is 1.00 bits per heavy atom. The molecule has 0 spiro atoms. The van der Waals surface area contributed by atoms with Crippen LogP contribution in [0.4, 0.5) is 11.4 Å². The number of aryl methyl sites for hydroxylation is 1. The molecule has 0 radical (unpaired) electrons. The van der Waals surface area contributed by atoms with Crippen LogP contribution in [0, 0.1) is 0 Å². The number of halogens is 1. The molecule has 2 heterocycles. The van der Waals surface area contributed by atoms with Crippen molar-refractivity contribution in [1.82, 2.24) is 4.98 Å². The maximum Gasteiger partial charge on any atom is 0.255 e. The Bertz CT molecular complexity index is 1290. The Morgan fingerprint density at radius 2 is 1.84 bits per heavy atom. The molecule has 3 aromatic carbocycles. The average molecular weight is 430 g/mol. The summed E-state index contributed by atoms with van der Waals surface area (Å²) in [5.41, 5.74) is 5.27. The number of carbonyl (C=O) groups excluding carboxylic acids is 2. The van der Waals surface area contributed by atoms with Crippen molar-refractivity contribution < 1.29 is 9.59 Å². The highest BCUT2D eigenvalue weighted by Gasteiger charge is 2.24. The molecule has 31 heavy (non-hydrogen) atoms. The number of H-pyrrole nitrogens is 1. The normalized spacial score (nSPS) is 13.3. The minimum Gasteiger partial charge on any atom is -0.361 e. The number of hydrogen-bond donors (Lipinski definition) is 2. The highest BCUT2D eigenvalue weighted by atomic mass is 35.5. The Hall–Kier alpha value is -3.57. The molecular formula is C25H20ClN3O2. The number of nitrogens with one attached hydrogen (secondary N) is 2. The molecular weight excluding hydrogens is 410 g/mol. The molecule has 0 atom stereocenters. The number of carbonyl (C=O) groups is 2. The maximum absolute atomic E-state index is 12.7. The standard InChI is InChI=1S/C25H20ClN3O2/c26-20-5-1-16(2-6-20)15-29-23-9-7-21(14-18(23)4-10-24(29)30)28-25(31)19-3-8-22-17(13-19)11-12-27-22/h1-3,5-9,11-14,27H,4,10,15H2,(H,28,31). The van der Waals surface area contributed by atoms with Crippen LogP contribution in [-0.4, -0.2) is 16.8 Å². The van der Waals surface area contributed by atoms with E-state index in [0.717, 1.165) is 33.4 Å². The molecule has 0 bridgehead atoms. The van der Waals surface area contributed by atoms with E-state index in [-0.39, 0.29) is 11.8 Å². The van der Waals surface area contributed by atoms with Crippen LogP contribution in [0.15, 0.2) is 72.9 Å². The lowest BCUT2D eigenvalue weighted by atomic mass is 9.99. The van der Waals surface area contributed by atoms with E-state index in [1.807, 2.05) is 66.9 Å². The highest BCUT2D eigenvalue weighted by molar-refractivity contribution is 6.30. The molecule has 6 heteroatoms. The maximum atomic E-state index is 12.7. The summed E-state index contributed by atoms with van der Waals surface area (Å²) in [5.74, 6) is -0.0630. The summed E-state index contributed by atoms with van der Waals surface area (Å²) in [6.07, 6.45) is 2.96. The van der Waals surface area contributed by atoms with Crippen LogP contribution < -0.4 is 10.2 Å². The monoisotopic (exact) mass is 429 g/mol. The van der Waals surface area contributed by atoms with E-state index in [9.17, 15) is 9.59 Å². The summed E-state index contributed by atoms with van der Waals surface area (Å²) in [7, 11) is 0. The van der Waals surface area contributed by atoms with Crippen LogP contribution in [0.3, 0.4) is 0 Å². The zero-order chi connectivity index (χ0) is 21.4. The van der Waals surface area contributed by atoms with Gasteiger partial charge in [0.05, 0.1) is 6.54 Å². The molecule has 0 unspecified atom stereocenters. The van der Waals surface area contributed by atoms with E-state index >= 15 is 0 Å². The number of rotatable bonds is 4. The topological polar surface area (TPSA) is 65.2 Å². The van der Waals surface area contributed by atoms with Crippen molar-refractivity contribution in [3.8, 4) is 0 Å². The van der Waals surface area contributed by atoms with Crippen LogP contribution in [0.2, 0.25) is 5.02 Å². The zero-order valence-corrected chi connectivity index (χ0v) is 17.4. The molecule has 0 aliphatic carbocycles. The fourth-order valence-corrected chi connectivity index (χ4v) is 4.11. The van der Waals surface area contributed by atoms with Gasteiger partial charge in [-0.3, -0.25) is 9.59 Å². The SMILES string of the molecule is O=C(Nc1ccc2c(c1)CCC(=O)N2Cc1ccc(Cl)cc1)c1ccc2[nH]ccc2c1. The van der Waals surface area contributed by atoms with Gasteiger partial charge in [-0.05, 0) is 72.1 Å². The van der Waals surface area contributed by atoms with Crippen LogP contribution >= 0.6 is 11.6 Å². The van der Waals surface area contributed by atoms with Gasteiger partial charge in [0.1, 0.15) is 0 Å². The van der Waals surface area contributed by atoms with Crippen molar-refractivity contribution in [2.75, 3.05) is 10.2 Å². The number of hydrogen-bond acceptors (Lipinski definition) is 2. The molecule has 1 aliphatic rings. The van der Waals surface area contributed by atoms with Crippen molar-refractivity contribution >= 4 is 45.7 Å². The lowest BCUT2D eigenvalue weighted by Gasteiger charge is -2.30. The molecule has 5 nitrogen and oxygen atoms in total. The van der Waals surface area contributed by atoms with Gasteiger partial charge in [0.25, 0.3) is 5.91 Å². The Kier molecular flexibility index (Phi) is 4.96. The zero-order valence-electron chi connectivity index (χ0n) is 16.7. The summed E-state index contributed by atoms with van der Waals surface area (Å²) in [6.45, 7) is 0.491. The lowest BCUT2D eigenvalue weighted by Crippen LogP contribution is -2.34. The van der Waals surface area contributed by atoms with E-state index < -0.39 is 0 Å². The van der Waals surface area contributed by atoms with E-state index in [1.165, 1.54) is 0 Å². The van der Waals surface area contributed by atoms with Crippen molar-refractivity contribution in [2.24, 2.45) is 0 Å². The van der Waals surface area contributed by atoms with Crippen molar-refractivity contribution in [1.29, 1.82) is 0 Å². The molecule has 154 valence electrons. The predicted molar refractivity (Wildman–Crippen MR) is 124 cm³/mol. The number of anilines is 2. The molecule has 0 fully saturated rings. The molecule has 4 aromatic rings. The van der Waals surface area contributed by atoms with Gasteiger partial charge in [-0.15, -0.1) is 0 Å². The fourth-order valence-electron chi connectivity index (χ4n) is 3.98. The van der Waals surface area contributed by atoms with E-state index in [0.29, 0.717) is 30.0 Å². The smallest absolute Gasteiger partial charge is 0.255 e. The number of aromatic nitrogens is 1. The Labute approximate surface area is 184 Å². The van der Waals surface area contributed by atoms with Gasteiger partial charge < -0.3 is 15.2 Å². The minimum absolute atomic E-state index is 0.0963. The first kappa shape index (κ1) is 19.4. The van der Waals surface area contributed by atoms with Gasteiger partial charge in [0, 0.05) is 45.5 Å². The molecule has 0 saturated heterocycles. The van der Waals surface area contributed by atoms with E-state index in [2.05, 4.69) is 10.3 Å². The third kappa shape index (κ3) is 3.92. The molecule has 0 saturated carbocycles. The average Bonchev–Trinajstić information content (AvgIpc) is 3.25. The molecule has 5 rings (SSSR count). The van der Waals surface area contributed by atoms with E-state index in [1.54, 1.807) is 11.0 Å². The number of nitrogens with zero attached hydrogens (tertiary/aromatic N) is 1. The quantitative estimate of drug-likeness (QED) is 0.446. The first-order valence-electron chi connectivity index (χ1n) is 10.1. The fraction of sp³-hybridized carbons (Fsp3) is 0.120. The van der Waals surface area contributed by atoms with Gasteiger partial charge in [-0.1, -0.05) is 23.7 Å². The Balaban J connectivity index is 1.37.